The van der Waals surface area contributed by atoms with Crippen LogP contribution in [0.5, 0.6) is 0 Å². The Morgan fingerprint density at radius 3 is 2.94 bits per heavy atom. The van der Waals surface area contributed by atoms with Crippen LogP contribution < -0.4 is 5.32 Å². The molecule has 0 amide bonds. The standard InChI is InChI=1S/C15H20BrNO/c1-15(9-18-10-15)8-17-14-5-3-11-6-13(16)4-2-12(11)7-14/h2,4,6,14,17H,3,5,7-10H2,1H3. The van der Waals surface area contributed by atoms with E-state index in [0.717, 1.165) is 19.8 Å². The third-order valence-corrected chi connectivity index (χ3v) is 4.61. The quantitative estimate of drug-likeness (QED) is 0.927. The van der Waals surface area contributed by atoms with E-state index in [2.05, 4.69) is 46.4 Å². The maximum Gasteiger partial charge on any atom is 0.0554 e. The highest BCUT2D eigenvalue weighted by Gasteiger charge is 2.33. The molecule has 1 heterocycles. The molecule has 1 atom stereocenters. The van der Waals surface area contributed by atoms with Gasteiger partial charge >= 0.3 is 0 Å². The van der Waals surface area contributed by atoms with Crippen molar-refractivity contribution in [2.45, 2.75) is 32.2 Å². The summed E-state index contributed by atoms with van der Waals surface area (Å²) in [7, 11) is 0. The molecular weight excluding hydrogens is 290 g/mol. The maximum absolute atomic E-state index is 5.30. The fourth-order valence-electron chi connectivity index (χ4n) is 2.84. The summed E-state index contributed by atoms with van der Waals surface area (Å²) >= 11 is 3.55. The zero-order valence-electron chi connectivity index (χ0n) is 10.8. The Morgan fingerprint density at radius 2 is 2.22 bits per heavy atom. The summed E-state index contributed by atoms with van der Waals surface area (Å²) in [4.78, 5) is 0. The lowest BCUT2D eigenvalue weighted by atomic mass is 9.85. The number of hydrogen-bond donors (Lipinski definition) is 1. The Labute approximate surface area is 117 Å². The van der Waals surface area contributed by atoms with E-state index in [9.17, 15) is 0 Å². The number of rotatable bonds is 3. The van der Waals surface area contributed by atoms with Gasteiger partial charge in [-0.3, -0.25) is 0 Å². The molecule has 1 saturated heterocycles. The summed E-state index contributed by atoms with van der Waals surface area (Å²) in [6, 6.07) is 7.33. The van der Waals surface area contributed by atoms with Crippen LogP contribution in [0.2, 0.25) is 0 Å². The number of halogens is 1. The highest BCUT2D eigenvalue weighted by molar-refractivity contribution is 9.10. The second-order valence-electron chi connectivity index (χ2n) is 6.04. The highest BCUT2D eigenvalue weighted by Crippen LogP contribution is 2.28. The van der Waals surface area contributed by atoms with Gasteiger partial charge in [0.25, 0.3) is 0 Å². The van der Waals surface area contributed by atoms with Gasteiger partial charge in [-0.05, 0) is 42.5 Å². The first-order chi connectivity index (χ1) is 8.65. The van der Waals surface area contributed by atoms with Gasteiger partial charge in [0, 0.05) is 22.5 Å². The van der Waals surface area contributed by atoms with E-state index < -0.39 is 0 Å². The van der Waals surface area contributed by atoms with E-state index in [4.69, 9.17) is 4.74 Å². The summed E-state index contributed by atoms with van der Waals surface area (Å²) in [5, 5.41) is 3.73. The van der Waals surface area contributed by atoms with Crippen LogP contribution in [0.15, 0.2) is 22.7 Å². The molecule has 0 aromatic heterocycles. The van der Waals surface area contributed by atoms with Gasteiger partial charge in [-0.1, -0.05) is 28.9 Å². The zero-order chi connectivity index (χ0) is 12.6. The average Bonchev–Trinajstić information content (AvgIpc) is 2.34. The zero-order valence-corrected chi connectivity index (χ0v) is 12.4. The minimum Gasteiger partial charge on any atom is -0.380 e. The van der Waals surface area contributed by atoms with Crippen LogP contribution in [0.1, 0.15) is 24.5 Å². The van der Waals surface area contributed by atoms with Gasteiger partial charge in [0.15, 0.2) is 0 Å². The Bertz CT molecular complexity index is 442. The molecule has 3 heteroatoms. The Hall–Kier alpha value is -0.380. The molecule has 98 valence electrons. The molecule has 1 fully saturated rings. The largest absolute Gasteiger partial charge is 0.380 e. The second-order valence-corrected chi connectivity index (χ2v) is 6.95. The molecule has 1 N–H and O–H groups in total. The molecule has 1 aliphatic heterocycles. The lowest BCUT2D eigenvalue weighted by Crippen LogP contribution is -2.50. The van der Waals surface area contributed by atoms with Crippen LogP contribution >= 0.6 is 15.9 Å². The predicted octanol–water partition coefficient (Wildman–Crippen LogP) is 2.93. The molecular formula is C15H20BrNO. The summed E-state index contributed by atoms with van der Waals surface area (Å²) in [5.41, 5.74) is 3.40. The van der Waals surface area contributed by atoms with Crippen molar-refractivity contribution < 1.29 is 4.74 Å². The van der Waals surface area contributed by atoms with E-state index >= 15 is 0 Å². The van der Waals surface area contributed by atoms with Gasteiger partial charge in [-0.25, -0.2) is 0 Å². The minimum atomic E-state index is 0.375. The fourth-order valence-corrected chi connectivity index (χ4v) is 3.25. The topological polar surface area (TPSA) is 21.3 Å². The van der Waals surface area contributed by atoms with E-state index in [-0.39, 0.29) is 0 Å². The average molecular weight is 310 g/mol. The van der Waals surface area contributed by atoms with E-state index in [1.807, 2.05) is 0 Å². The van der Waals surface area contributed by atoms with E-state index in [1.165, 1.54) is 34.9 Å². The van der Waals surface area contributed by atoms with Crippen molar-refractivity contribution in [3.05, 3.63) is 33.8 Å². The van der Waals surface area contributed by atoms with Gasteiger partial charge < -0.3 is 10.1 Å². The maximum atomic E-state index is 5.30. The van der Waals surface area contributed by atoms with Gasteiger partial charge in [-0.2, -0.15) is 0 Å². The molecule has 1 unspecified atom stereocenters. The SMILES string of the molecule is CC1(CNC2CCc3cc(Br)ccc3C2)COC1. The van der Waals surface area contributed by atoms with Crippen LogP contribution in [0.25, 0.3) is 0 Å². The van der Waals surface area contributed by atoms with Crippen molar-refractivity contribution in [3.63, 3.8) is 0 Å². The first-order valence-electron chi connectivity index (χ1n) is 6.73. The third kappa shape index (κ3) is 2.63. The van der Waals surface area contributed by atoms with E-state index in [0.29, 0.717) is 11.5 Å². The van der Waals surface area contributed by atoms with Gasteiger partial charge in [-0.15, -0.1) is 0 Å². The molecule has 3 rings (SSSR count). The van der Waals surface area contributed by atoms with Crippen LogP contribution in [0.3, 0.4) is 0 Å². The molecule has 1 aliphatic carbocycles. The van der Waals surface area contributed by atoms with Gasteiger partial charge in [0.2, 0.25) is 0 Å². The number of benzene rings is 1. The van der Waals surface area contributed by atoms with Crippen LogP contribution in [0, 0.1) is 5.41 Å². The number of ether oxygens (including phenoxy) is 1. The molecule has 2 aliphatic rings. The molecule has 1 aromatic rings. The number of fused-ring (bicyclic) bond motifs is 1. The van der Waals surface area contributed by atoms with Crippen LogP contribution in [-0.2, 0) is 17.6 Å². The highest BCUT2D eigenvalue weighted by atomic mass is 79.9. The van der Waals surface area contributed by atoms with E-state index in [1.54, 1.807) is 0 Å². The third-order valence-electron chi connectivity index (χ3n) is 4.12. The summed E-state index contributed by atoms with van der Waals surface area (Å²) in [6.45, 7) is 5.22. The van der Waals surface area contributed by atoms with Gasteiger partial charge in [0.1, 0.15) is 0 Å². The number of nitrogens with one attached hydrogen (secondary N) is 1. The number of aryl methyl sites for hydroxylation is 1. The summed E-state index contributed by atoms with van der Waals surface area (Å²) < 4.78 is 6.50. The van der Waals surface area contributed by atoms with Crippen LogP contribution in [0.4, 0.5) is 0 Å². The van der Waals surface area contributed by atoms with Crippen molar-refractivity contribution in [1.82, 2.24) is 5.32 Å². The van der Waals surface area contributed by atoms with Crippen molar-refractivity contribution in [2.24, 2.45) is 5.41 Å². The normalized spacial score (nSPS) is 25.3. The fraction of sp³-hybridized carbons (Fsp3) is 0.600. The molecule has 0 spiro atoms. The number of hydrogen-bond acceptors (Lipinski definition) is 2. The molecule has 18 heavy (non-hydrogen) atoms. The molecule has 2 nitrogen and oxygen atoms in total. The predicted molar refractivity (Wildman–Crippen MR) is 76.9 cm³/mol. The smallest absolute Gasteiger partial charge is 0.0554 e. The Balaban J connectivity index is 1.59. The Kier molecular flexibility index (Phi) is 3.48. The monoisotopic (exact) mass is 309 g/mol. The molecule has 0 bridgehead atoms. The lowest BCUT2D eigenvalue weighted by molar-refractivity contribution is -0.100. The summed E-state index contributed by atoms with van der Waals surface area (Å²) in [5.74, 6) is 0. The van der Waals surface area contributed by atoms with Crippen molar-refractivity contribution in [1.29, 1.82) is 0 Å². The lowest BCUT2D eigenvalue weighted by Gasteiger charge is -2.40. The van der Waals surface area contributed by atoms with Crippen molar-refractivity contribution in [3.8, 4) is 0 Å². The molecule has 1 aromatic carbocycles. The first-order valence-corrected chi connectivity index (χ1v) is 7.52. The van der Waals surface area contributed by atoms with Crippen LogP contribution in [-0.4, -0.2) is 25.8 Å². The molecule has 0 radical (unpaired) electrons. The van der Waals surface area contributed by atoms with Crippen molar-refractivity contribution in [2.75, 3.05) is 19.8 Å². The Morgan fingerprint density at radius 1 is 1.39 bits per heavy atom. The first kappa shape index (κ1) is 12.6. The second kappa shape index (κ2) is 4.95. The van der Waals surface area contributed by atoms with Gasteiger partial charge in [0.05, 0.1) is 13.2 Å². The minimum absolute atomic E-state index is 0.375. The molecule has 0 saturated carbocycles. The van der Waals surface area contributed by atoms with Crippen molar-refractivity contribution >= 4 is 15.9 Å². The summed E-state index contributed by atoms with van der Waals surface area (Å²) in [6.07, 6.45) is 3.61.